The fraction of sp³-hybridized carbons (Fsp3) is 0.353. The number of aliphatic carboxylic acids is 1. The summed E-state index contributed by atoms with van der Waals surface area (Å²) in [6.45, 7) is 2.92. The number of carbonyl (C=O) groups excluding carboxylic acids is 1. The highest BCUT2D eigenvalue weighted by Gasteiger charge is 2.26. The number of phenolic OH excluding ortho intramolecular Hbond substituents is 1. The summed E-state index contributed by atoms with van der Waals surface area (Å²) in [6, 6.07) is 6.71. The molecule has 1 aromatic heterocycles. The summed E-state index contributed by atoms with van der Waals surface area (Å²) in [5.74, 6) is -0.689. The minimum atomic E-state index is -0.869. The van der Waals surface area contributed by atoms with E-state index in [1.54, 1.807) is 40.8 Å². The van der Waals surface area contributed by atoms with Gasteiger partial charge in [0.05, 0.1) is 18.7 Å². The molecule has 0 atom stereocenters. The molecule has 7 nitrogen and oxygen atoms in total. The lowest BCUT2D eigenvalue weighted by Gasteiger charge is -2.26. The number of fused-ring (bicyclic) bond motifs is 1. The number of hydrogen-bond donors (Lipinski definition) is 2. The van der Waals surface area contributed by atoms with Crippen molar-refractivity contribution in [2.75, 3.05) is 6.54 Å². The van der Waals surface area contributed by atoms with Crippen LogP contribution in [0.15, 0.2) is 24.3 Å². The lowest BCUT2D eigenvalue weighted by Crippen LogP contribution is -2.34. The van der Waals surface area contributed by atoms with Gasteiger partial charge in [-0.15, -0.1) is 0 Å². The lowest BCUT2D eigenvalue weighted by molar-refractivity contribution is -0.137. The number of amides is 1. The van der Waals surface area contributed by atoms with Gasteiger partial charge in [-0.05, 0) is 24.3 Å². The van der Waals surface area contributed by atoms with Crippen molar-refractivity contribution < 1.29 is 19.8 Å². The van der Waals surface area contributed by atoms with Gasteiger partial charge in [-0.2, -0.15) is 5.10 Å². The molecule has 0 bridgehead atoms. The standard InChI is InChI=1S/C17H19N3O4/c1-11(21)19-8-6-15-14(10-19)17(12-2-4-13(22)5-3-12)18-20(15)9-7-16(23)24/h2-5,22H,6-10H2,1H3,(H,23,24). The molecule has 3 rings (SSSR count). The number of carboxylic acid groups (broad SMARTS) is 1. The molecule has 1 aliphatic rings. The Morgan fingerprint density at radius 2 is 1.96 bits per heavy atom. The molecule has 24 heavy (non-hydrogen) atoms. The van der Waals surface area contributed by atoms with E-state index in [-0.39, 0.29) is 18.1 Å². The highest BCUT2D eigenvalue weighted by molar-refractivity contribution is 5.74. The average molecular weight is 329 g/mol. The molecule has 0 fully saturated rings. The van der Waals surface area contributed by atoms with Gasteiger partial charge in [0.25, 0.3) is 0 Å². The molecule has 0 spiro atoms. The molecule has 1 aromatic carbocycles. The van der Waals surface area contributed by atoms with Gasteiger partial charge in [-0.1, -0.05) is 0 Å². The van der Waals surface area contributed by atoms with Crippen molar-refractivity contribution in [1.82, 2.24) is 14.7 Å². The minimum Gasteiger partial charge on any atom is -0.508 e. The molecular weight excluding hydrogens is 310 g/mol. The normalized spacial score (nSPS) is 13.6. The third kappa shape index (κ3) is 3.10. The van der Waals surface area contributed by atoms with Crippen LogP contribution in [0.25, 0.3) is 11.3 Å². The molecule has 0 unspecified atom stereocenters. The Bertz CT molecular complexity index is 780. The van der Waals surface area contributed by atoms with Crippen molar-refractivity contribution in [2.24, 2.45) is 0 Å². The predicted octanol–water partition coefficient (Wildman–Crippen LogP) is 1.64. The van der Waals surface area contributed by atoms with Gasteiger partial charge >= 0.3 is 5.97 Å². The molecule has 0 saturated heterocycles. The number of carboxylic acids is 1. The van der Waals surface area contributed by atoms with E-state index in [0.717, 1.165) is 22.5 Å². The monoisotopic (exact) mass is 329 g/mol. The number of benzene rings is 1. The van der Waals surface area contributed by atoms with E-state index in [9.17, 15) is 14.7 Å². The second-order valence-electron chi connectivity index (χ2n) is 5.88. The van der Waals surface area contributed by atoms with Crippen LogP contribution in [0.2, 0.25) is 0 Å². The van der Waals surface area contributed by atoms with Crippen LogP contribution in [-0.2, 0) is 29.1 Å². The molecule has 0 radical (unpaired) electrons. The topological polar surface area (TPSA) is 95.7 Å². The van der Waals surface area contributed by atoms with E-state index in [2.05, 4.69) is 5.10 Å². The Morgan fingerprint density at radius 3 is 2.58 bits per heavy atom. The molecule has 2 N–H and O–H groups in total. The number of phenols is 1. The first-order valence-electron chi connectivity index (χ1n) is 7.81. The van der Waals surface area contributed by atoms with Crippen molar-refractivity contribution in [2.45, 2.75) is 32.9 Å². The van der Waals surface area contributed by atoms with Crippen molar-refractivity contribution in [1.29, 1.82) is 0 Å². The number of nitrogens with zero attached hydrogens (tertiary/aromatic N) is 3. The molecular formula is C17H19N3O4. The first kappa shape index (κ1) is 16.0. The zero-order valence-corrected chi connectivity index (χ0v) is 13.4. The number of aryl methyl sites for hydroxylation is 1. The minimum absolute atomic E-state index is 0.000436. The largest absolute Gasteiger partial charge is 0.508 e. The third-order valence-corrected chi connectivity index (χ3v) is 4.26. The maximum atomic E-state index is 11.7. The number of carbonyl (C=O) groups is 2. The van der Waals surface area contributed by atoms with E-state index in [0.29, 0.717) is 26.1 Å². The zero-order chi connectivity index (χ0) is 17.3. The van der Waals surface area contributed by atoms with E-state index < -0.39 is 5.97 Å². The number of rotatable bonds is 4. The van der Waals surface area contributed by atoms with Gasteiger partial charge in [0, 0.05) is 43.3 Å². The van der Waals surface area contributed by atoms with Gasteiger partial charge in [-0.3, -0.25) is 14.3 Å². The fourth-order valence-electron chi connectivity index (χ4n) is 3.00. The van der Waals surface area contributed by atoms with Gasteiger partial charge in [0.2, 0.25) is 5.91 Å². The highest BCUT2D eigenvalue weighted by Crippen LogP contribution is 2.31. The number of hydrogen-bond acceptors (Lipinski definition) is 4. The predicted molar refractivity (Wildman–Crippen MR) is 86.4 cm³/mol. The second kappa shape index (κ2) is 6.35. The maximum absolute atomic E-state index is 11.7. The maximum Gasteiger partial charge on any atom is 0.305 e. The number of aromatic nitrogens is 2. The highest BCUT2D eigenvalue weighted by atomic mass is 16.4. The van der Waals surface area contributed by atoms with Gasteiger partial charge in [-0.25, -0.2) is 0 Å². The zero-order valence-electron chi connectivity index (χ0n) is 13.4. The smallest absolute Gasteiger partial charge is 0.305 e. The summed E-state index contributed by atoms with van der Waals surface area (Å²) in [5.41, 5.74) is 3.51. The van der Waals surface area contributed by atoms with Crippen LogP contribution >= 0.6 is 0 Å². The van der Waals surface area contributed by atoms with Gasteiger partial charge in [0.15, 0.2) is 0 Å². The first-order chi connectivity index (χ1) is 11.5. The van der Waals surface area contributed by atoms with Crippen LogP contribution in [-0.4, -0.2) is 43.3 Å². The van der Waals surface area contributed by atoms with Crippen molar-refractivity contribution >= 4 is 11.9 Å². The quantitative estimate of drug-likeness (QED) is 0.889. The molecule has 2 aromatic rings. The van der Waals surface area contributed by atoms with Crippen LogP contribution in [0, 0.1) is 0 Å². The number of aromatic hydroxyl groups is 1. The molecule has 0 saturated carbocycles. The molecule has 7 heteroatoms. The van der Waals surface area contributed by atoms with E-state index >= 15 is 0 Å². The van der Waals surface area contributed by atoms with E-state index in [4.69, 9.17) is 5.11 Å². The van der Waals surface area contributed by atoms with Crippen LogP contribution < -0.4 is 0 Å². The Kier molecular flexibility index (Phi) is 4.24. The van der Waals surface area contributed by atoms with Crippen molar-refractivity contribution in [3.05, 3.63) is 35.5 Å². The summed E-state index contributed by atoms with van der Waals surface area (Å²) < 4.78 is 1.74. The first-order valence-corrected chi connectivity index (χ1v) is 7.81. The van der Waals surface area contributed by atoms with Gasteiger partial charge in [0.1, 0.15) is 5.75 Å². The lowest BCUT2D eigenvalue weighted by atomic mass is 10.0. The van der Waals surface area contributed by atoms with Crippen molar-refractivity contribution in [3.8, 4) is 17.0 Å². The van der Waals surface area contributed by atoms with Crippen molar-refractivity contribution in [3.63, 3.8) is 0 Å². The second-order valence-corrected chi connectivity index (χ2v) is 5.88. The Morgan fingerprint density at radius 1 is 1.25 bits per heavy atom. The summed E-state index contributed by atoms with van der Waals surface area (Å²) >= 11 is 0. The Balaban J connectivity index is 2.02. The summed E-state index contributed by atoms with van der Waals surface area (Å²) in [5, 5.41) is 23.0. The van der Waals surface area contributed by atoms with Gasteiger partial charge < -0.3 is 15.1 Å². The molecule has 0 aliphatic carbocycles. The van der Waals surface area contributed by atoms with E-state index in [1.165, 1.54) is 0 Å². The fourth-order valence-corrected chi connectivity index (χ4v) is 3.00. The molecule has 1 aliphatic heterocycles. The summed E-state index contributed by atoms with van der Waals surface area (Å²) in [7, 11) is 0. The van der Waals surface area contributed by atoms with Crippen LogP contribution in [0.1, 0.15) is 24.6 Å². The summed E-state index contributed by atoms with van der Waals surface area (Å²) in [6.07, 6.45) is 0.652. The summed E-state index contributed by atoms with van der Waals surface area (Å²) in [4.78, 5) is 24.3. The van der Waals surface area contributed by atoms with E-state index in [1.807, 2.05) is 0 Å². The Labute approximate surface area is 139 Å². The third-order valence-electron chi connectivity index (χ3n) is 4.26. The molecule has 126 valence electrons. The SMILES string of the molecule is CC(=O)N1CCc2c(c(-c3ccc(O)cc3)nn2CCC(=O)O)C1. The van der Waals surface area contributed by atoms with Crippen LogP contribution in [0.5, 0.6) is 5.75 Å². The molecule has 1 amide bonds. The Hall–Kier alpha value is -2.83. The average Bonchev–Trinajstić information content (AvgIpc) is 2.91. The van der Waals surface area contributed by atoms with Crippen LogP contribution in [0.3, 0.4) is 0 Å². The van der Waals surface area contributed by atoms with Crippen LogP contribution in [0.4, 0.5) is 0 Å². The molecule has 2 heterocycles.